The van der Waals surface area contributed by atoms with Gasteiger partial charge in [0.15, 0.2) is 0 Å². The van der Waals surface area contributed by atoms with Crippen molar-refractivity contribution >= 4 is 17.3 Å². The summed E-state index contributed by atoms with van der Waals surface area (Å²) in [6.45, 7) is 2.45. The third-order valence-electron chi connectivity index (χ3n) is 4.20. The predicted octanol–water partition coefficient (Wildman–Crippen LogP) is 3.21. The lowest BCUT2D eigenvalue weighted by molar-refractivity contribution is -0.385. The lowest BCUT2D eigenvalue weighted by Gasteiger charge is -2.26. The number of carboxylic acid groups (broad SMARTS) is 1. The van der Waals surface area contributed by atoms with E-state index in [1.165, 1.54) is 0 Å². The largest absolute Gasteiger partial charge is 0.481 e. The number of aryl methyl sites for hydroxylation is 1. The van der Waals surface area contributed by atoms with Crippen LogP contribution in [-0.2, 0) is 4.79 Å². The Labute approximate surface area is 123 Å². The van der Waals surface area contributed by atoms with Gasteiger partial charge in [0.25, 0.3) is 5.69 Å². The Bertz CT molecular complexity index is 536. The topological polar surface area (TPSA) is 92.5 Å². The zero-order valence-corrected chi connectivity index (χ0v) is 12.0. The average molecular weight is 292 g/mol. The number of benzene rings is 1. The number of hydrogen-bond acceptors (Lipinski definition) is 4. The number of carbonyl (C=O) groups is 1. The number of nitrogens with zero attached hydrogens (tertiary/aromatic N) is 1. The van der Waals surface area contributed by atoms with Crippen LogP contribution in [0.2, 0.25) is 0 Å². The summed E-state index contributed by atoms with van der Waals surface area (Å²) >= 11 is 0. The molecule has 0 spiro atoms. The highest BCUT2D eigenvalue weighted by Crippen LogP contribution is 2.29. The number of aliphatic carboxylic acids is 1. The predicted molar refractivity (Wildman–Crippen MR) is 79.4 cm³/mol. The third-order valence-corrected chi connectivity index (χ3v) is 4.20. The second kappa shape index (κ2) is 6.56. The van der Waals surface area contributed by atoms with E-state index in [0.717, 1.165) is 37.9 Å². The average Bonchev–Trinajstić information content (AvgIpc) is 2.46. The molecule has 0 heterocycles. The van der Waals surface area contributed by atoms with Crippen molar-refractivity contribution in [2.75, 3.05) is 11.9 Å². The maximum Gasteiger partial charge on any atom is 0.306 e. The minimum atomic E-state index is -0.699. The fourth-order valence-electron chi connectivity index (χ4n) is 2.79. The van der Waals surface area contributed by atoms with Crippen molar-refractivity contribution in [2.45, 2.75) is 32.6 Å². The van der Waals surface area contributed by atoms with E-state index < -0.39 is 5.97 Å². The van der Waals surface area contributed by atoms with Gasteiger partial charge in [0.2, 0.25) is 0 Å². The maximum atomic E-state index is 10.9. The van der Waals surface area contributed by atoms with Crippen molar-refractivity contribution in [3.05, 3.63) is 33.9 Å². The van der Waals surface area contributed by atoms with E-state index in [9.17, 15) is 14.9 Å². The van der Waals surface area contributed by atoms with Crippen molar-refractivity contribution in [1.29, 1.82) is 0 Å². The second-order valence-electron chi connectivity index (χ2n) is 5.70. The highest BCUT2D eigenvalue weighted by molar-refractivity contribution is 5.70. The molecule has 1 aromatic carbocycles. The molecule has 0 aliphatic heterocycles. The summed E-state index contributed by atoms with van der Waals surface area (Å²) in [7, 11) is 0. The molecular weight excluding hydrogens is 272 g/mol. The number of hydrogen-bond donors (Lipinski definition) is 2. The quantitative estimate of drug-likeness (QED) is 0.642. The number of carboxylic acids is 1. The molecule has 114 valence electrons. The minimum absolute atomic E-state index is 0.120. The molecular formula is C15H20N2O4. The van der Waals surface area contributed by atoms with Gasteiger partial charge >= 0.3 is 5.97 Å². The first-order valence-electron chi connectivity index (χ1n) is 7.19. The number of rotatable bonds is 5. The normalized spacial score (nSPS) is 21.8. The first kappa shape index (κ1) is 15.3. The summed E-state index contributed by atoms with van der Waals surface area (Å²) in [4.78, 5) is 21.4. The SMILES string of the molecule is Cc1ccc(NCC2CCC(C(=O)O)CC2)cc1[N+](=O)[O-]. The molecule has 1 aliphatic rings. The van der Waals surface area contributed by atoms with Gasteiger partial charge in [-0.25, -0.2) is 0 Å². The van der Waals surface area contributed by atoms with Gasteiger partial charge in [0, 0.05) is 23.9 Å². The molecule has 6 heteroatoms. The van der Waals surface area contributed by atoms with Crippen LogP contribution in [0.25, 0.3) is 0 Å². The summed E-state index contributed by atoms with van der Waals surface area (Å²) in [5, 5.41) is 23.1. The molecule has 0 radical (unpaired) electrons. The Hall–Kier alpha value is -2.11. The smallest absolute Gasteiger partial charge is 0.306 e. The summed E-state index contributed by atoms with van der Waals surface area (Å²) in [5.41, 5.74) is 1.51. The van der Waals surface area contributed by atoms with Crippen LogP contribution in [0, 0.1) is 28.9 Å². The number of nitro groups is 1. The number of nitro benzene ring substituents is 1. The van der Waals surface area contributed by atoms with Gasteiger partial charge in [-0.05, 0) is 44.6 Å². The van der Waals surface area contributed by atoms with Gasteiger partial charge < -0.3 is 10.4 Å². The molecule has 2 rings (SSSR count). The number of anilines is 1. The Morgan fingerprint density at radius 3 is 2.62 bits per heavy atom. The minimum Gasteiger partial charge on any atom is -0.481 e. The Morgan fingerprint density at radius 2 is 2.05 bits per heavy atom. The van der Waals surface area contributed by atoms with Crippen LogP contribution < -0.4 is 5.32 Å². The van der Waals surface area contributed by atoms with Gasteiger partial charge in [-0.2, -0.15) is 0 Å². The Kier molecular flexibility index (Phi) is 4.77. The van der Waals surface area contributed by atoms with E-state index in [-0.39, 0.29) is 16.5 Å². The first-order valence-corrected chi connectivity index (χ1v) is 7.19. The van der Waals surface area contributed by atoms with Gasteiger partial charge in [-0.1, -0.05) is 6.07 Å². The molecule has 0 bridgehead atoms. The molecule has 0 unspecified atom stereocenters. The van der Waals surface area contributed by atoms with Crippen molar-refractivity contribution in [2.24, 2.45) is 11.8 Å². The summed E-state index contributed by atoms with van der Waals surface area (Å²) in [6, 6.07) is 5.13. The van der Waals surface area contributed by atoms with Gasteiger partial charge in [-0.3, -0.25) is 14.9 Å². The van der Waals surface area contributed by atoms with Crippen LogP contribution in [-0.4, -0.2) is 22.5 Å². The zero-order chi connectivity index (χ0) is 15.4. The third kappa shape index (κ3) is 3.93. The van der Waals surface area contributed by atoms with Crippen LogP contribution in [0.5, 0.6) is 0 Å². The molecule has 1 aromatic rings. The molecule has 2 N–H and O–H groups in total. The van der Waals surface area contributed by atoms with Crippen molar-refractivity contribution < 1.29 is 14.8 Å². The van der Waals surface area contributed by atoms with Gasteiger partial charge in [-0.15, -0.1) is 0 Å². The van der Waals surface area contributed by atoms with Crippen molar-refractivity contribution in [3.63, 3.8) is 0 Å². The highest BCUT2D eigenvalue weighted by Gasteiger charge is 2.25. The summed E-state index contributed by atoms with van der Waals surface area (Å²) < 4.78 is 0. The van der Waals surface area contributed by atoms with Crippen LogP contribution in [0.15, 0.2) is 18.2 Å². The molecule has 0 atom stereocenters. The van der Waals surface area contributed by atoms with Crippen molar-refractivity contribution in [1.82, 2.24) is 0 Å². The van der Waals surface area contributed by atoms with Crippen LogP contribution >= 0.6 is 0 Å². The van der Waals surface area contributed by atoms with Gasteiger partial charge in [0.1, 0.15) is 0 Å². The van der Waals surface area contributed by atoms with Crippen LogP contribution in [0.4, 0.5) is 11.4 Å². The van der Waals surface area contributed by atoms with Crippen molar-refractivity contribution in [3.8, 4) is 0 Å². The lowest BCUT2D eigenvalue weighted by atomic mass is 9.82. The maximum absolute atomic E-state index is 10.9. The molecule has 1 fully saturated rings. The van der Waals surface area contributed by atoms with E-state index in [2.05, 4.69) is 5.32 Å². The fraction of sp³-hybridized carbons (Fsp3) is 0.533. The fourth-order valence-corrected chi connectivity index (χ4v) is 2.79. The molecule has 1 saturated carbocycles. The second-order valence-corrected chi connectivity index (χ2v) is 5.70. The van der Waals surface area contributed by atoms with E-state index in [0.29, 0.717) is 11.5 Å². The van der Waals surface area contributed by atoms with E-state index in [1.54, 1.807) is 19.1 Å². The summed E-state index contributed by atoms with van der Waals surface area (Å²) in [5.74, 6) is -0.474. The first-order chi connectivity index (χ1) is 9.97. The molecule has 6 nitrogen and oxygen atoms in total. The Balaban J connectivity index is 1.88. The molecule has 0 amide bonds. The molecule has 21 heavy (non-hydrogen) atoms. The molecule has 0 saturated heterocycles. The summed E-state index contributed by atoms with van der Waals surface area (Å²) in [6.07, 6.45) is 3.21. The lowest BCUT2D eigenvalue weighted by Crippen LogP contribution is -2.25. The molecule has 0 aromatic heterocycles. The standard InChI is InChI=1S/C15H20N2O4/c1-10-2-7-13(8-14(10)17(20)21)16-9-11-3-5-12(6-4-11)15(18)19/h2,7-8,11-12,16H,3-6,9H2,1H3,(H,18,19). The van der Waals surface area contributed by atoms with Gasteiger partial charge in [0.05, 0.1) is 10.8 Å². The van der Waals surface area contributed by atoms with E-state index in [4.69, 9.17) is 5.11 Å². The zero-order valence-electron chi connectivity index (χ0n) is 12.0. The monoisotopic (exact) mass is 292 g/mol. The van der Waals surface area contributed by atoms with E-state index >= 15 is 0 Å². The van der Waals surface area contributed by atoms with Crippen LogP contribution in [0.1, 0.15) is 31.2 Å². The molecule has 1 aliphatic carbocycles. The number of nitrogens with one attached hydrogen (secondary N) is 1. The highest BCUT2D eigenvalue weighted by atomic mass is 16.6. The Morgan fingerprint density at radius 1 is 1.38 bits per heavy atom. The van der Waals surface area contributed by atoms with Crippen LogP contribution in [0.3, 0.4) is 0 Å². The van der Waals surface area contributed by atoms with E-state index in [1.807, 2.05) is 6.07 Å².